The van der Waals surface area contributed by atoms with E-state index in [2.05, 4.69) is 88.4 Å². The highest BCUT2D eigenvalue weighted by Gasteiger charge is 2.83. The molecule has 0 aliphatic heterocycles. The molecule has 3 aromatic rings. The monoisotopic (exact) mass is 434 g/mol. The van der Waals surface area contributed by atoms with Crippen molar-refractivity contribution in [3.8, 4) is 0 Å². The van der Waals surface area contributed by atoms with Crippen molar-refractivity contribution in [3.63, 3.8) is 0 Å². The molecule has 0 aromatic heterocycles. The zero-order chi connectivity index (χ0) is 21.3. The van der Waals surface area contributed by atoms with Crippen LogP contribution in [-0.2, 0) is 5.41 Å². The maximum absolute atomic E-state index is 6.39. The van der Waals surface area contributed by atoms with E-state index in [1.807, 2.05) is 18.2 Å². The zero-order valence-corrected chi connectivity index (χ0v) is 19.5. The number of rotatable bonds is 4. The summed E-state index contributed by atoms with van der Waals surface area (Å²) in [6.45, 7) is 9.76. The standard InChI is InChI=1S/C28H28Cl2/c1-26(2)23(19-9-8-12-22(30)17-19)25(26)28(20-10-6-5-7-11-20)24(27(28,3)4)18-13-15-21(29)16-14-18/h5-17,23-25H,1-4H3. The van der Waals surface area contributed by atoms with Gasteiger partial charge in [0.2, 0.25) is 0 Å². The Morgan fingerprint density at radius 1 is 0.667 bits per heavy atom. The van der Waals surface area contributed by atoms with E-state index >= 15 is 0 Å². The topological polar surface area (TPSA) is 0 Å². The smallest absolute Gasteiger partial charge is 0.0408 e. The van der Waals surface area contributed by atoms with Crippen LogP contribution in [0.3, 0.4) is 0 Å². The Bertz CT molecular complexity index is 1080. The van der Waals surface area contributed by atoms with Gasteiger partial charge >= 0.3 is 0 Å². The molecule has 0 spiro atoms. The van der Waals surface area contributed by atoms with Crippen molar-refractivity contribution in [1.82, 2.24) is 0 Å². The Kier molecular flexibility index (Phi) is 4.45. The number of hydrogen-bond acceptors (Lipinski definition) is 0. The van der Waals surface area contributed by atoms with E-state index < -0.39 is 0 Å². The predicted molar refractivity (Wildman–Crippen MR) is 128 cm³/mol. The first kappa shape index (κ1) is 20.2. The van der Waals surface area contributed by atoms with Gasteiger partial charge in [-0.25, -0.2) is 0 Å². The Morgan fingerprint density at radius 3 is 1.97 bits per heavy atom. The average Bonchev–Trinajstić information content (AvgIpc) is 3.48. The fourth-order valence-corrected chi connectivity index (χ4v) is 7.28. The number of halogens is 2. The number of hydrogen-bond donors (Lipinski definition) is 0. The Labute approximate surface area is 190 Å². The van der Waals surface area contributed by atoms with Gasteiger partial charge in [0.05, 0.1) is 0 Å². The molecule has 2 fully saturated rings. The summed E-state index contributed by atoms with van der Waals surface area (Å²) in [5, 5.41) is 1.62. The molecule has 0 heterocycles. The second-order valence-corrected chi connectivity index (χ2v) is 11.1. The lowest BCUT2D eigenvalue weighted by Crippen LogP contribution is -2.21. The van der Waals surface area contributed by atoms with Crippen molar-refractivity contribution in [1.29, 1.82) is 0 Å². The lowest BCUT2D eigenvalue weighted by Gasteiger charge is -2.24. The Hall–Kier alpha value is -1.76. The summed E-state index contributed by atoms with van der Waals surface area (Å²) in [6.07, 6.45) is 0. The van der Waals surface area contributed by atoms with Gasteiger partial charge < -0.3 is 0 Å². The SMILES string of the molecule is CC1(C)C(c2cccc(Cl)c2)C1C1(c2ccccc2)C(c2ccc(Cl)cc2)C1(C)C. The lowest BCUT2D eigenvalue weighted by atomic mass is 9.79. The maximum atomic E-state index is 6.39. The van der Waals surface area contributed by atoms with Gasteiger partial charge in [-0.05, 0) is 63.6 Å². The first-order valence-corrected chi connectivity index (χ1v) is 11.5. The van der Waals surface area contributed by atoms with Crippen LogP contribution in [0.15, 0.2) is 78.9 Å². The van der Waals surface area contributed by atoms with Gasteiger partial charge in [0, 0.05) is 21.4 Å². The van der Waals surface area contributed by atoms with E-state index in [0.29, 0.717) is 17.8 Å². The normalized spacial score (nSPS) is 30.7. The lowest BCUT2D eigenvalue weighted by molar-refractivity contribution is 0.389. The van der Waals surface area contributed by atoms with Crippen molar-refractivity contribution in [2.24, 2.45) is 16.7 Å². The molecule has 0 amide bonds. The summed E-state index contributed by atoms with van der Waals surface area (Å²) in [5.74, 6) is 1.49. The predicted octanol–water partition coefficient (Wildman–Crippen LogP) is 8.49. The Balaban J connectivity index is 1.67. The van der Waals surface area contributed by atoms with E-state index in [1.54, 1.807) is 0 Å². The highest BCUT2D eigenvalue weighted by Crippen LogP contribution is 2.87. The molecule has 0 N–H and O–H groups in total. The molecule has 5 rings (SSSR count). The van der Waals surface area contributed by atoms with Crippen LogP contribution in [0.2, 0.25) is 10.0 Å². The van der Waals surface area contributed by atoms with Crippen LogP contribution in [0, 0.1) is 16.7 Å². The molecule has 4 unspecified atom stereocenters. The third kappa shape index (κ3) is 2.66. The van der Waals surface area contributed by atoms with E-state index in [4.69, 9.17) is 23.2 Å². The molecule has 2 aliphatic rings. The minimum Gasteiger partial charge on any atom is -0.0843 e. The fraction of sp³-hybridized carbons (Fsp3) is 0.357. The molecular weight excluding hydrogens is 407 g/mol. The molecule has 0 nitrogen and oxygen atoms in total. The largest absolute Gasteiger partial charge is 0.0843 e. The molecule has 2 saturated carbocycles. The van der Waals surface area contributed by atoms with Gasteiger partial charge in [0.1, 0.15) is 0 Å². The van der Waals surface area contributed by atoms with E-state index in [9.17, 15) is 0 Å². The van der Waals surface area contributed by atoms with Crippen LogP contribution in [0.4, 0.5) is 0 Å². The first-order valence-electron chi connectivity index (χ1n) is 10.8. The molecular formula is C28H28Cl2. The van der Waals surface area contributed by atoms with Crippen LogP contribution in [0.1, 0.15) is 56.2 Å². The van der Waals surface area contributed by atoms with Crippen molar-refractivity contribution in [2.45, 2.75) is 44.9 Å². The Morgan fingerprint density at radius 2 is 1.33 bits per heavy atom. The van der Waals surface area contributed by atoms with Crippen molar-refractivity contribution in [2.75, 3.05) is 0 Å². The molecule has 3 aromatic carbocycles. The molecule has 30 heavy (non-hydrogen) atoms. The van der Waals surface area contributed by atoms with Crippen molar-refractivity contribution in [3.05, 3.63) is 106 Å². The summed E-state index contributed by atoms with van der Waals surface area (Å²) in [4.78, 5) is 0. The second kappa shape index (κ2) is 6.62. The quantitative estimate of drug-likeness (QED) is 0.385. The molecule has 4 atom stereocenters. The van der Waals surface area contributed by atoms with Crippen LogP contribution < -0.4 is 0 Å². The minimum atomic E-state index is 0.0819. The third-order valence-electron chi connectivity index (χ3n) is 8.14. The van der Waals surface area contributed by atoms with Crippen LogP contribution >= 0.6 is 23.2 Å². The van der Waals surface area contributed by atoms with Crippen LogP contribution in [0.25, 0.3) is 0 Å². The summed E-state index contributed by atoms with van der Waals surface area (Å²) in [7, 11) is 0. The molecule has 2 aliphatic carbocycles. The van der Waals surface area contributed by atoms with Gasteiger partial charge in [0.25, 0.3) is 0 Å². The van der Waals surface area contributed by atoms with Gasteiger partial charge in [0.15, 0.2) is 0 Å². The average molecular weight is 435 g/mol. The summed E-state index contributed by atoms with van der Waals surface area (Å²) >= 11 is 12.6. The summed E-state index contributed by atoms with van der Waals surface area (Å²) < 4.78 is 0. The van der Waals surface area contributed by atoms with Gasteiger partial charge in [-0.2, -0.15) is 0 Å². The summed E-state index contributed by atoms with van der Waals surface area (Å²) in [5.41, 5.74) is 4.65. The van der Waals surface area contributed by atoms with Crippen molar-refractivity contribution < 1.29 is 0 Å². The van der Waals surface area contributed by atoms with Gasteiger partial charge in [-0.1, -0.05) is 105 Å². The highest BCUT2D eigenvalue weighted by molar-refractivity contribution is 6.30. The molecule has 154 valence electrons. The van der Waals surface area contributed by atoms with Gasteiger partial charge in [-0.15, -0.1) is 0 Å². The van der Waals surface area contributed by atoms with E-state index in [-0.39, 0.29) is 16.2 Å². The second-order valence-electron chi connectivity index (χ2n) is 10.3. The van der Waals surface area contributed by atoms with E-state index in [0.717, 1.165) is 10.0 Å². The minimum absolute atomic E-state index is 0.0819. The highest BCUT2D eigenvalue weighted by atomic mass is 35.5. The van der Waals surface area contributed by atoms with Gasteiger partial charge in [-0.3, -0.25) is 0 Å². The summed E-state index contributed by atoms with van der Waals surface area (Å²) in [6, 6.07) is 28.2. The number of benzene rings is 3. The first-order chi connectivity index (χ1) is 14.2. The maximum Gasteiger partial charge on any atom is 0.0408 e. The fourth-order valence-electron chi connectivity index (χ4n) is 6.95. The molecule has 0 saturated heterocycles. The molecule has 0 bridgehead atoms. The van der Waals surface area contributed by atoms with Crippen LogP contribution in [0.5, 0.6) is 0 Å². The van der Waals surface area contributed by atoms with E-state index in [1.165, 1.54) is 16.7 Å². The van der Waals surface area contributed by atoms with Crippen molar-refractivity contribution >= 4 is 23.2 Å². The molecule has 2 heteroatoms. The van der Waals surface area contributed by atoms with Crippen LogP contribution in [-0.4, -0.2) is 0 Å². The molecule has 0 radical (unpaired) electrons. The zero-order valence-electron chi connectivity index (χ0n) is 18.0. The third-order valence-corrected chi connectivity index (χ3v) is 8.63.